The number of furan rings is 1. The van der Waals surface area contributed by atoms with Crippen molar-refractivity contribution in [2.45, 2.75) is 45.3 Å². The molecule has 5 nitrogen and oxygen atoms in total. The van der Waals surface area contributed by atoms with E-state index in [2.05, 4.69) is 43.1 Å². The minimum absolute atomic E-state index is 0.115. The highest BCUT2D eigenvalue weighted by atomic mass is 16.5. The van der Waals surface area contributed by atoms with Gasteiger partial charge in [-0.2, -0.15) is 0 Å². The Kier molecular flexibility index (Phi) is 7.48. The summed E-state index contributed by atoms with van der Waals surface area (Å²) in [5.41, 5.74) is 2.49. The van der Waals surface area contributed by atoms with Crippen LogP contribution < -0.4 is 10.1 Å². The van der Waals surface area contributed by atoms with E-state index < -0.39 is 6.10 Å². The molecule has 0 saturated heterocycles. The minimum atomic E-state index is -0.578. The Balaban J connectivity index is 1.80. The fourth-order valence-corrected chi connectivity index (χ4v) is 2.93. The molecule has 150 valence electrons. The monoisotopic (exact) mass is 374 g/mol. The molecule has 0 bridgehead atoms. The lowest BCUT2D eigenvalue weighted by molar-refractivity contribution is 0.103. The summed E-state index contributed by atoms with van der Waals surface area (Å²) in [6.45, 7) is 10.0. The van der Waals surface area contributed by atoms with Crippen LogP contribution in [0.3, 0.4) is 0 Å². The first-order valence-corrected chi connectivity index (χ1v) is 9.51. The summed E-state index contributed by atoms with van der Waals surface area (Å²) < 4.78 is 11.3. The first kappa shape index (κ1) is 21.5. The topological polar surface area (TPSA) is 57.9 Å². The Morgan fingerprint density at radius 1 is 1.19 bits per heavy atom. The third-order valence-electron chi connectivity index (χ3n) is 4.68. The normalized spacial score (nSPS) is 14.4. The predicted molar refractivity (Wildman–Crippen MR) is 109 cm³/mol. The average Bonchev–Trinajstić information content (AvgIpc) is 3.10. The largest absolute Gasteiger partial charge is 0.491 e. The van der Waals surface area contributed by atoms with Crippen molar-refractivity contribution in [1.29, 1.82) is 0 Å². The third-order valence-corrected chi connectivity index (χ3v) is 4.68. The molecular weight excluding hydrogens is 340 g/mol. The molecule has 2 rings (SSSR count). The Labute approximate surface area is 163 Å². The quantitative estimate of drug-likeness (QED) is 0.703. The maximum absolute atomic E-state index is 10.2. The molecule has 1 aromatic heterocycles. The molecular formula is C22H34N2O3. The lowest BCUT2D eigenvalue weighted by atomic mass is 9.86. The first-order chi connectivity index (χ1) is 12.7. The molecule has 0 aliphatic heterocycles. The SMILES string of the molecule is Cc1cc(C(C)(C)C)ccc1OC[C@H](O)CNC[C@@H](c1ccco1)N(C)C. The van der Waals surface area contributed by atoms with Gasteiger partial charge in [0.25, 0.3) is 0 Å². The summed E-state index contributed by atoms with van der Waals surface area (Å²) in [4.78, 5) is 2.09. The molecule has 0 aliphatic carbocycles. The van der Waals surface area contributed by atoms with E-state index in [1.54, 1.807) is 6.26 Å². The van der Waals surface area contributed by atoms with Crippen LogP contribution in [0.4, 0.5) is 0 Å². The second kappa shape index (κ2) is 9.40. The number of aliphatic hydroxyl groups excluding tert-OH is 1. The van der Waals surface area contributed by atoms with Gasteiger partial charge in [0, 0.05) is 13.1 Å². The molecule has 27 heavy (non-hydrogen) atoms. The van der Waals surface area contributed by atoms with Crippen LogP contribution >= 0.6 is 0 Å². The maximum Gasteiger partial charge on any atom is 0.122 e. The van der Waals surface area contributed by atoms with Crippen LogP contribution in [0.5, 0.6) is 5.75 Å². The lowest BCUT2D eigenvalue weighted by Gasteiger charge is -2.23. The van der Waals surface area contributed by atoms with Gasteiger partial charge in [0.1, 0.15) is 24.2 Å². The van der Waals surface area contributed by atoms with E-state index in [9.17, 15) is 5.11 Å². The van der Waals surface area contributed by atoms with E-state index in [-0.39, 0.29) is 18.1 Å². The number of hydrogen-bond donors (Lipinski definition) is 2. The van der Waals surface area contributed by atoms with Gasteiger partial charge in [0.2, 0.25) is 0 Å². The third kappa shape index (κ3) is 6.38. The van der Waals surface area contributed by atoms with E-state index in [1.165, 1.54) is 5.56 Å². The van der Waals surface area contributed by atoms with Crippen LogP contribution in [0.25, 0.3) is 0 Å². The van der Waals surface area contributed by atoms with Gasteiger partial charge in [-0.25, -0.2) is 0 Å². The Morgan fingerprint density at radius 3 is 2.48 bits per heavy atom. The van der Waals surface area contributed by atoms with E-state index in [0.717, 1.165) is 17.1 Å². The smallest absolute Gasteiger partial charge is 0.122 e. The highest BCUT2D eigenvalue weighted by Crippen LogP contribution is 2.27. The minimum Gasteiger partial charge on any atom is -0.491 e. The summed E-state index contributed by atoms with van der Waals surface area (Å²) in [6.07, 6.45) is 1.10. The molecule has 0 fully saturated rings. The zero-order valence-electron chi connectivity index (χ0n) is 17.5. The fourth-order valence-electron chi connectivity index (χ4n) is 2.93. The summed E-state index contributed by atoms with van der Waals surface area (Å²) in [5.74, 6) is 1.73. The maximum atomic E-state index is 10.2. The van der Waals surface area contributed by atoms with Crippen molar-refractivity contribution in [2.24, 2.45) is 0 Å². The molecule has 5 heteroatoms. The van der Waals surface area contributed by atoms with Gasteiger partial charge in [0.05, 0.1) is 12.3 Å². The number of likely N-dealkylation sites (N-methyl/N-ethyl adjacent to an activating group) is 1. The summed E-state index contributed by atoms with van der Waals surface area (Å²) in [7, 11) is 4.02. The van der Waals surface area contributed by atoms with Gasteiger partial charge in [0.15, 0.2) is 0 Å². The molecule has 2 atom stereocenters. The van der Waals surface area contributed by atoms with Crippen molar-refractivity contribution in [3.05, 3.63) is 53.5 Å². The second-order valence-electron chi connectivity index (χ2n) is 8.35. The standard InChI is InChI=1S/C22H34N2O3/c1-16-12-17(22(2,3)4)9-10-20(16)27-15-18(25)13-23-14-19(24(5)6)21-8-7-11-26-21/h7-12,18-19,23,25H,13-15H2,1-6H3/t18-,19+/m1/s1. The van der Waals surface area contributed by atoms with Gasteiger partial charge in [-0.15, -0.1) is 0 Å². The Morgan fingerprint density at radius 2 is 1.93 bits per heavy atom. The van der Waals surface area contributed by atoms with Gasteiger partial charge >= 0.3 is 0 Å². The Hall–Kier alpha value is -1.82. The first-order valence-electron chi connectivity index (χ1n) is 9.51. The number of ether oxygens (including phenoxy) is 1. The number of benzene rings is 1. The Bertz CT molecular complexity index is 690. The van der Waals surface area contributed by atoms with Crippen LogP contribution in [-0.4, -0.2) is 49.9 Å². The molecule has 1 aromatic carbocycles. The molecule has 0 spiro atoms. The van der Waals surface area contributed by atoms with Crippen LogP contribution in [0, 0.1) is 6.92 Å². The van der Waals surface area contributed by atoms with E-state index >= 15 is 0 Å². The van der Waals surface area contributed by atoms with Crippen molar-refractivity contribution in [3.8, 4) is 5.75 Å². The van der Waals surface area contributed by atoms with E-state index in [4.69, 9.17) is 9.15 Å². The molecule has 1 heterocycles. The molecule has 0 radical (unpaired) electrons. The zero-order chi connectivity index (χ0) is 20.0. The van der Waals surface area contributed by atoms with Crippen LogP contribution in [0.1, 0.15) is 43.7 Å². The summed E-state index contributed by atoms with van der Waals surface area (Å²) in [6, 6.07) is 10.2. The molecule has 0 amide bonds. The fraction of sp³-hybridized carbons (Fsp3) is 0.545. The molecule has 2 N–H and O–H groups in total. The molecule has 0 aliphatic rings. The number of aliphatic hydroxyl groups is 1. The summed E-state index contributed by atoms with van der Waals surface area (Å²) >= 11 is 0. The number of aryl methyl sites for hydroxylation is 1. The van der Waals surface area contributed by atoms with Gasteiger partial charge < -0.3 is 19.6 Å². The van der Waals surface area contributed by atoms with Crippen LogP contribution in [0.15, 0.2) is 41.0 Å². The van der Waals surface area contributed by atoms with Gasteiger partial charge in [-0.3, -0.25) is 4.90 Å². The van der Waals surface area contributed by atoms with Crippen LogP contribution in [-0.2, 0) is 5.41 Å². The van der Waals surface area contributed by atoms with Crippen LogP contribution in [0.2, 0.25) is 0 Å². The van der Waals surface area contributed by atoms with E-state index in [1.807, 2.05) is 39.2 Å². The van der Waals surface area contributed by atoms with Crippen molar-refractivity contribution >= 4 is 0 Å². The highest BCUT2D eigenvalue weighted by molar-refractivity contribution is 5.38. The highest BCUT2D eigenvalue weighted by Gasteiger charge is 2.18. The number of rotatable bonds is 9. The lowest BCUT2D eigenvalue weighted by Crippen LogP contribution is -2.37. The predicted octanol–water partition coefficient (Wildman–Crippen LogP) is 3.52. The zero-order valence-corrected chi connectivity index (χ0v) is 17.5. The number of hydrogen-bond acceptors (Lipinski definition) is 5. The molecule has 0 saturated carbocycles. The van der Waals surface area contributed by atoms with Crippen molar-refractivity contribution in [1.82, 2.24) is 10.2 Å². The van der Waals surface area contributed by atoms with Gasteiger partial charge in [-0.1, -0.05) is 32.9 Å². The number of nitrogens with one attached hydrogen (secondary N) is 1. The van der Waals surface area contributed by atoms with Crippen molar-refractivity contribution in [3.63, 3.8) is 0 Å². The number of nitrogens with zero attached hydrogens (tertiary/aromatic N) is 1. The average molecular weight is 375 g/mol. The summed E-state index contributed by atoms with van der Waals surface area (Å²) in [5, 5.41) is 13.5. The molecule has 0 unspecified atom stereocenters. The van der Waals surface area contributed by atoms with E-state index in [0.29, 0.717) is 13.1 Å². The second-order valence-corrected chi connectivity index (χ2v) is 8.35. The van der Waals surface area contributed by atoms with Crippen molar-refractivity contribution < 1.29 is 14.3 Å². The van der Waals surface area contributed by atoms with Gasteiger partial charge in [-0.05, 0) is 55.8 Å². The molecule has 2 aromatic rings. The van der Waals surface area contributed by atoms with Crippen molar-refractivity contribution in [2.75, 3.05) is 33.8 Å².